The van der Waals surface area contributed by atoms with E-state index in [-0.39, 0.29) is 0 Å². The van der Waals surface area contributed by atoms with Crippen LogP contribution in [0.25, 0.3) is 10.8 Å². The lowest BCUT2D eigenvalue weighted by molar-refractivity contribution is 0.317. The molecule has 3 aromatic rings. The zero-order valence-corrected chi connectivity index (χ0v) is 14.7. The number of benzene rings is 3. The molecule has 0 saturated carbocycles. The number of halogens is 1. The molecule has 0 spiro atoms. The highest BCUT2D eigenvalue weighted by Crippen LogP contribution is 2.29. The Hall–Kier alpha value is -2.32. The molecule has 3 rings (SSSR count). The first-order valence-corrected chi connectivity index (χ1v) is 8.52. The van der Waals surface area contributed by atoms with Gasteiger partial charge < -0.3 is 4.74 Å². The van der Waals surface area contributed by atoms with Crippen LogP contribution in [0.1, 0.15) is 24.5 Å². The Morgan fingerprint density at radius 2 is 1.88 bits per heavy atom. The van der Waals surface area contributed by atoms with Crippen molar-refractivity contribution in [2.45, 2.75) is 20.3 Å². The molecule has 0 aliphatic rings. The number of hydrogen-bond acceptors (Lipinski definition) is 2. The van der Waals surface area contributed by atoms with Crippen molar-refractivity contribution in [3.05, 3.63) is 70.7 Å². The van der Waals surface area contributed by atoms with Gasteiger partial charge in [0, 0.05) is 16.8 Å². The summed E-state index contributed by atoms with van der Waals surface area (Å²) in [5.41, 5.74) is 2.85. The second kappa shape index (κ2) is 7.50. The summed E-state index contributed by atoms with van der Waals surface area (Å²) in [5, 5.41) is 3.03. The first-order chi connectivity index (χ1) is 11.7. The smallest absolute Gasteiger partial charge is 0.128 e. The van der Waals surface area contributed by atoms with Crippen LogP contribution in [0.5, 0.6) is 5.75 Å². The van der Waals surface area contributed by atoms with E-state index in [9.17, 15) is 0 Å². The molecule has 0 radical (unpaired) electrons. The van der Waals surface area contributed by atoms with Crippen LogP contribution in [0.3, 0.4) is 0 Å². The topological polar surface area (TPSA) is 21.6 Å². The van der Waals surface area contributed by atoms with Crippen molar-refractivity contribution in [1.82, 2.24) is 0 Å². The van der Waals surface area contributed by atoms with E-state index in [0.29, 0.717) is 6.61 Å². The van der Waals surface area contributed by atoms with E-state index in [4.69, 9.17) is 16.3 Å². The van der Waals surface area contributed by atoms with E-state index in [0.717, 1.165) is 39.4 Å². The monoisotopic (exact) mass is 337 g/mol. The van der Waals surface area contributed by atoms with E-state index < -0.39 is 0 Å². The van der Waals surface area contributed by atoms with Crippen molar-refractivity contribution >= 4 is 34.3 Å². The average Bonchev–Trinajstić information content (AvgIpc) is 2.61. The highest BCUT2D eigenvalue weighted by atomic mass is 35.5. The molecule has 0 amide bonds. The fraction of sp³-hybridized carbons (Fsp3) is 0.190. The van der Waals surface area contributed by atoms with Crippen LogP contribution in [-0.2, 0) is 0 Å². The SMILES string of the molecule is CCCOc1ccc2ccccc2c1C=Nc1cccc(Cl)c1C. The lowest BCUT2D eigenvalue weighted by Crippen LogP contribution is -1.99. The van der Waals surface area contributed by atoms with E-state index >= 15 is 0 Å². The normalized spacial score (nSPS) is 11.3. The molecule has 24 heavy (non-hydrogen) atoms. The Balaban J connectivity index is 2.08. The highest BCUT2D eigenvalue weighted by molar-refractivity contribution is 6.31. The fourth-order valence-electron chi connectivity index (χ4n) is 2.62. The van der Waals surface area contributed by atoms with Crippen molar-refractivity contribution < 1.29 is 4.74 Å². The Labute approximate surface area is 147 Å². The summed E-state index contributed by atoms with van der Waals surface area (Å²) in [7, 11) is 0. The van der Waals surface area contributed by atoms with Gasteiger partial charge in [0.2, 0.25) is 0 Å². The quantitative estimate of drug-likeness (QED) is 0.498. The van der Waals surface area contributed by atoms with Crippen LogP contribution in [0.15, 0.2) is 59.6 Å². The molecule has 0 aromatic heterocycles. The molecule has 0 unspecified atom stereocenters. The molecule has 0 atom stereocenters. The van der Waals surface area contributed by atoms with E-state index in [1.165, 1.54) is 5.39 Å². The fourth-order valence-corrected chi connectivity index (χ4v) is 2.79. The molecule has 0 N–H and O–H groups in total. The first-order valence-electron chi connectivity index (χ1n) is 8.14. The van der Waals surface area contributed by atoms with Crippen molar-refractivity contribution in [2.75, 3.05) is 6.61 Å². The molecular formula is C21H20ClNO. The molecule has 0 aliphatic carbocycles. The molecule has 3 heteroatoms. The summed E-state index contributed by atoms with van der Waals surface area (Å²) in [5.74, 6) is 0.860. The first kappa shape index (κ1) is 16.5. The van der Waals surface area contributed by atoms with Crippen molar-refractivity contribution in [3.63, 3.8) is 0 Å². The maximum atomic E-state index is 6.19. The van der Waals surface area contributed by atoms with Crippen LogP contribution >= 0.6 is 11.6 Å². The van der Waals surface area contributed by atoms with Crippen molar-refractivity contribution in [2.24, 2.45) is 4.99 Å². The van der Waals surface area contributed by atoms with E-state index in [1.807, 2.05) is 49.5 Å². The number of ether oxygens (including phenoxy) is 1. The van der Waals surface area contributed by atoms with E-state index in [2.05, 4.69) is 30.1 Å². The van der Waals surface area contributed by atoms with Crippen molar-refractivity contribution in [1.29, 1.82) is 0 Å². The number of fused-ring (bicyclic) bond motifs is 1. The number of aliphatic imine (C=N–C) groups is 1. The Morgan fingerprint density at radius 1 is 1.04 bits per heavy atom. The molecule has 0 bridgehead atoms. The third-order valence-corrected chi connectivity index (χ3v) is 4.37. The van der Waals surface area contributed by atoms with Gasteiger partial charge in [-0.1, -0.05) is 54.9 Å². The van der Waals surface area contributed by atoms with Gasteiger partial charge in [-0.3, -0.25) is 4.99 Å². The lowest BCUT2D eigenvalue weighted by atomic mass is 10.0. The molecule has 2 nitrogen and oxygen atoms in total. The zero-order valence-electron chi connectivity index (χ0n) is 13.9. The lowest BCUT2D eigenvalue weighted by Gasteiger charge is -2.11. The molecule has 0 aliphatic heterocycles. The van der Waals surface area contributed by atoms with Crippen LogP contribution in [0.2, 0.25) is 5.02 Å². The number of rotatable bonds is 5. The second-order valence-electron chi connectivity index (χ2n) is 5.69. The minimum absolute atomic E-state index is 0.690. The second-order valence-corrected chi connectivity index (χ2v) is 6.10. The number of nitrogens with zero attached hydrogens (tertiary/aromatic N) is 1. The Bertz CT molecular complexity index is 886. The van der Waals surface area contributed by atoms with E-state index in [1.54, 1.807) is 0 Å². The third-order valence-electron chi connectivity index (χ3n) is 3.96. The predicted octanol–water partition coefficient (Wildman–Crippen LogP) is 6.34. The summed E-state index contributed by atoms with van der Waals surface area (Å²) < 4.78 is 5.92. The van der Waals surface area contributed by atoms with Gasteiger partial charge in [0.05, 0.1) is 12.3 Å². The van der Waals surface area contributed by atoms with Crippen molar-refractivity contribution in [3.8, 4) is 5.75 Å². The average molecular weight is 338 g/mol. The van der Waals surface area contributed by atoms with Gasteiger partial charge in [0.1, 0.15) is 5.75 Å². The molecule has 0 fully saturated rings. The summed E-state index contributed by atoms with van der Waals surface area (Å²) in [6, 6.07) is 18.1. The maximum absolute atomic E-state index is 6.19. The summed E-state index contributed by atoms with van der Waals surface area (Å²) in [6.45, 7) is 4.77. The maximum Gasteiger partial charge on any atom is 0.128 e. The molecule has 3 aromatic carbocycles. The standard InChI is InChI=1S/C21H20ClNO/c1-3-13-24-21-12-11-16-7-4-5-8-17(16)18(21)14-23-20-10-6-9-19(22)15(20)2/h4-12,14H,3,13H2,1-2H3. The van der Waals surface area contributed by atoms with Gasteiger partial charge in [-0.2, -0.15) is 0 Å². The van der Waals surface area contributed by atoms with Gasteiger partial charge >= 0.3 is 0 Å². The summed E-state index contributed by atoms with van der Waals surface area (Å²) in [6.07, 6.45) is 2.85. The molecular weight excluding hydrogens is 318 g/mol. The summed E-state index contributed by atoms with van der Waals surface area (Å²) in [4.78, 5) is 4.67. The van der Waals surface area contributed by atoms with Crippen LogP contribution in [-0.4, -0.2) is 12.8 Å². The molecule has 0 saturated heterocycles. The highest BCUT2D eigenvalue weighted by Gasteiger charge is 2.07. The number of hydrogen-bond donors (Lipinski definition) is 0. The third kappa shape index (κ3) is 3.44. The molecule has 122 valence electrons. The van der Waals surface area contributed by atoms with Crippen LogP contribution in [0, 0.1) is 6.92 Å². The van der Waals surface area contributed by atoms with Gasteiger partial charge in [-0.25, -0.2) is 0 Å². The summed E-state index contributed by atoms with van der Waals surface area (Å²) >= 11 is 6.19. The van der Waals surface area contributed by atoms with Crippen LogP contribution in [0.4, 0.5) is 5.69 Å². The minimum atomic E-state index is 0.690. The van der Waals surface area contributed by atoms with Gasteiger partial charge in [-0.15, -0.1) is 0 Å². The Kier molecular flexibility index (Phi) is 5.17. The van der Waals surface area contributed by atoms with Gasteiger partial charge in [0.25, 0.3) is 0 Å². The van der Waals surface area contributed by atoms with Crippen LogP contribution < -0.4 is 4.74 Å². The zero-order chi connectivity index (χ0) is 16.9. The predicted molar refractivity (Wildman–Crippen MR) is 103 cm³/mol. The minimum Gasteiger partial charge on any atom is -0.493 e. The molecule has 0 heterocycles. The van der Waals surface area contributed by atoms with Gasteiger partial charge in [0.15, 0.2) is 0 Å². The Morgan fingerprint density at radius 3 is 2.71 bits per heavy atom. The largest absolute Gasteiger partial charge is 0.493 e. The van der Waals surface area contributed by atoms with Gasteiger partial charge in [-0.05, 0) is 47.9 Å².